The van der Waals surface area contributed by atoms with E-state index < -0.39 is 11.4 Å². The minimum absolute atomic E-state index is 0.567. The molecule has 0 spiro atoms. The second-order valence-electron chi connectivity index (χ2n) is 4.88. The molecule has 0 aromatic heterocycles. The van der Waals surface area contributed by atoms with Crippen molar-refractivity contribution in [3.63, 3.8) is 0 Å². The monoisotopic (exact) mass is 268 g/mol. The Morgan fingerprint density at radius 1 is 1.39 bits per heavy atom. The number of carbonyl (C=O) groups is 1. The molecule has 0 heterocycles. The highest BCUT2D eigenvalue weighted by Crippen LogP contribution is 2.44. The Kier molecular flexibility index (Phi) is 3.53. The lowest BCUT2D eigenvalue weighted by molar-refractivity contribution is -0.143. The summed E-state index contributed by atoms with van der Waals surface area (Å²) in [6.45, 7) is 1.87. The first kappa shape index (κ1) is 13.2. The summed E-state index contributed by atoms with van der Waals surface area (Å²) in [5.41, 5.74) is 0.825. The van der Waals surface area contributed by atoms with Gasteiger partial charge in [0.1, 0.15) is 5.75 Å². The predicted octanol–water partition coefficient (Wildman–Crippen LogP) is 3.55. The summed E-state index contributed by atoms with van der Waals surface area (Å²) < 4.78 is 5.27. The minimum atomic E-state index is -0.787. The van der Waals surface area contributed by atoms with E-state index in [2.05, 4.69) is 0 Å². The molecule has 0 amide bonds. The Morgan fingerprint density at radius 3 is 2.50 bits per heavy atom. The maximum atomic E-state index is 11.6. The molecule has 0 bridgehead atoms. The van der Waals surface area contributed by atoms with Crippen LogP contribution in [0, 0.1) is 6.92 Å². The van der Waals surface area contributed by atoms with Crippen LogP contribution in [0.5, 0.6) is 5.75 Å². The largest absolute Gasteiger partial charge is 0.496 e. The Labute approximate surface area is 112 Å². The van der Waals surface area contributed by atoms with E-state index in [9.17, 15) is 9.90 Å². The molecule has 1 fully saturated rings. The molecule has 1 saturated carbocycles. The summed E-state index contributed by atoms with van der Waals surface area (Å²) in [5, 5.41) is 10.1. The summed E-state index contributed by atoms with van der Waals surface area (Å²) in [4.78, 5) is 11.6. The average molecular weight is 269 g/mol. The van der Waals surface area contributed by atoms with Gasteiger partial charge in [0.05, 0.1) is 12.5 Å². The van der Waals surface area contributed by atoms with Gasteiger partial charge in [0.25, 0.3) is 0 Å². The molecule has 1 aromatic carbocycles. The molecule has 4 heteroatoms. The lowest BCUT2D eigenvalue weighted by Crippen LogP contribution is -2.32. The number of carboxylic acids is 1. The van der Waals surface area contributed by atoms with Crippen molar-refractivity contribution >= 4 is 17.6 Å². The lowest BCUT2D eigenvalue weighted by atomic mass is 9.78. The maximum Gasteiger partial charge on any atom is 0.314 e. The molecule has 0 aliphatic heterocycles. The Morgan fingerprint density at radius 2 is 2.00 bits per heavy atom. The molecule has 2 rings (SSSR count). The number of hydrogen-bond acceptors (Lipinski definition) is 2. The van der Waals surface area contributed by atoms with Gasteiger partial charge in [-0.15, -0.1) is 0 Å². The molecule has 98 valence electrons. The van der Waals surface area contributed by atoms with Crippen molar-refractivity contribution in [2.24, 2.45) is 0 Å². The molecule has 1 aliphatic carbocycles. The van der Waals surface area contributed by atoms with Gasteiger partial charge in [0.2, 0.25) is 0 Å². The third-order valence-corrected chi connectivity index (χ3v) is 4.33. The number of rotatable bonds is 3. The van der Waals surface area contributed by atoms with E-state index in [1.165, 1.54) is 0 Å². The van der Waals surface area contributed by atoms with Crippen LogP contribution < -0.4 is 4.74 Å². The normalized spacial score (nSPS) is 17.7. The van der Waals surface area contributed by atoms with Gasteiger partial charge in [0, 0.05) is 10.6 Å². The molecule has 0 saturated heterocycles. The van der Waals surface area contributed by atoms with Crippen molar-refractivity contribution in [2.75, 3.05) is 7.11 Å². The molecule has 1 N–H and O–H groups in total. The van der Waals surface area contributed by atoms with Crippen LogP contribution in [-0.4, -0.2) is 18.2 Å². The fraction of sp³-hybridized carbons (Fsp3) is 0.500. The first-order valence-electron chi connectivity index (χ1n) is 6.09. The minimum Gasteiger partial charge on any atom is -0.496 e. The maximum absolute atomic E-state index is 11.6. The van der Waals surface area contributed by atoms with Crippen LogP contribution >= 0.6 is 11.6 Å². The van der Waals surface area contributed by atoms with E-state index in [0.29, 0.717) is 23.6 Å². The Balaban J connectivity index is 2.56. The van der Waals surface area contributed by atoms with Gasteiger partial charge < -0.3 is 9.84 Å². The SMILES string of the molecule is COc1cc(C2(C(=O)O)CCCC2)cc(Cl)c1C. The van der Waals surface area contributed by atoms with Crippen molar-refractivity contribution in [3.8, 4) is 5.75 Å². The number of carboxylic acid groups (broad SMARTS) is 1. The van der Waals surface area contributed by atoms with Crippen molar-refractivity contribution in [1.82, 2.24) is 0 Å². The molecule has 3 nitrogen and oxygen atoms in total. The highest BCUT2D eigenvalue weighted by Gasteiger charge is 2.43. The van der Waals surface area contributed by atoms with Gasteiger partial charge in [-0.2, -0.15) is 0 Å². The van der Waals surface area contributed by atoms with Crippen molar-refractivity contribution in [2.45, 2.75) is 38.0 Å². The highest BCUT2D eigenvalue weighted by atomic mass is 35.5. The topological polar surface area (TPSA) is 46.5 Å². The Bertz CT molecular complexity index is 476. The van der Waals surface area contributed by atoms with Gasteiger partial charge >= 0.3 is 5.97 Å². The van der Waals surface area contributed by atoms with Crippen molar-refractivity contribution in [3.05, 3.63) is 28.3 Å². The quantitative estimate of drug-likeness (QED) is 0.912. The van der Waals surface area contributed by atoms with Crippen LogP contribution in [0.2, 0.25) is 5.02 Å². The first-order valence-corrected chi connectivity index (χ1v) is 6.47. The van der Waals surface area contributed by atoms with Crippen LogP contribution in [0.4, 0.5) is 0 Å². The fourth-order valence-corrected chi connectivity index (χ4v) is 2.96. The standard InChI is InChI=1S/C14H17ClO3/c1-9-11(15)7-10(8-12(9)18-2)14(13(16)17)5-3-4-6-14/h7-8H,3-6H2,1-2H3,(H,16,17). The van der Waals surface area contributed by atoms with Gasteiger partial charge in [-0.3, -0.25) is 4.79 Å². The summed E-state index contributed by atoms with van der Waals surface area (Å²) >= 11 is 6.17. The number of ether oxygens (including phenoxy) is 1. The zero-order valence-electron chi connectivity index (χ0n) is 10.6. The lowest BCUT2D eigenvalue weighted by Gasteiger charge is -2.25. The number of aliphatic carboxylic acids is 1. The van der Waals surface area contributed by atoms with Gasteiger partial charge in [-0.25, -0.2) is 0 Å². The van der Waals surface area contributed by atoms with E-state index in [-0.39, 0.29) is 0 Å². The fourth-order valence-electron chi connectivity index (χ4n) is 2.75. The summed E-state index contributed by atoms with van der Waals surface area (Å²) in [7, 11) is 1.57. The molecular weight excluding hydrogens is 252 g/mol. The van der Waals surface area contributed by atoms with E-state index in [4.69, 9.17) is 16.3 Å². The van der Waals surface area contributed by atoms with Crippen LogP contribution in [0.15, 0.2) is 12.1 Å². The van der Waals surface area contributed by atoms with E-state index in [1.807, 2.05) is 13.0 Å². The smallest absolute Gasteiger partial charge is 0.314 e. The average Bonchev–Trinajstić information content (AvgIpc) is 2.83. The number of benzene rings is 1. The van der Waals surface area contributed by atoms with E-state index >= 15 is 0 Å². The van der Waals surface area contributed by atoms with Crippen LogP contribution in [0.1, 0.15) is 36.8 Å². The van der Waals surface area contributed by atoms with Crippen LogP contribution in [0.3, 0.4) is 0 Å². The van der Waals surface area contributed by atoms with Crippen molar-refractivity contribution in [1.29, 1.82) is 0 Å². The third-order valence-electron chi connectivity index (χ3n) is 3.94. The number of methoxy groups -OCH3 is 1. The summed E-state index contributed by atoms with van der Waals surface area (Å²) in [6.07, 6.45) is 3.23. The second kappa shape index (κ2) is 4.81. The predicted molar refractivity (Wildman–Crippen MR) is 70.5 cm³/mol. The zero-order chi connectivity index (χ0) is 13.3. The van der Waals surface area contributed by atoms with E-state index in [1.54, 1.807) is 13.2 Å². The van der Waals surface area contributed by atoms with Gasteiger partial charge in [0.15, 0.2) is 0 Å². The highest BCUT2D eigenvalue weighted by molar-refractivity contribution is 6.31. The van der Waals surface area contributed by atoms with Crippen LogP contribution in [0.25, 0.3) is 0 Å². The molecule has 0 atom stereocenters. The first-order chi connectivity index (χ1) is 8.51. The van der Waals surface area contributed by atoms with Gasteiger partial charge in [-0.05, 0) is 37.5 Å². The molecular formula is C14H17ClO3. The molecule has 0 radical (unpaired) electrons. The van der Waals surface area contributed by atoms with Crippen molar-refractivity contribution < 1.29 is 14.6 Å². The van der Waals surface area contributed by atoms with Gasteiger partial charge in [-0.1, -0.05) is 24.4 Å². The summed E-state index contributed by atoms with van der Waals surface area (Å²) in [5.74, 6) is -0.105. The second-order valence-corrected chi connectivity index (χ2v) is 5.29. The van der Waals surface area contributed by atoms with Crippen LogP contribution in [-0.2, 0) is 10.2 Å². The summed E-state index contributed by atoms with van der Waals surface area (Å²) in [6, 6.07) is 3.60. The third kappa shape index (κ3) is 1.97. The molecule has 0 unspecified atom stereocenters. The molecule has 18 heavy (non-hydrogen) atoms. The molecule has 1 aliphatic rings. The number of halogens is 1. The van der Waals surface area contributed by atoms with E-state index in [0.717, 1.165) is 24.0 Å². The Hall–Kier alpha value is -1.22. The number of hydrogen-bond donors (Lipinski definition) is 1. The zero-order valence-corrected chi connectivity index (χ0v) is 11.4. The molecule has 1 aromatic rings.